The van der Waals surface area contributed by atoms with E-state index in [0.717, 1.165) is 43.2 Å². The Kier molecular flexibility index (Phi) is 6.59. The van der Waals surface area contributed by atoms with Gasteiger partial charge in [-0.2, -0.15) is 0 Å². The van der Waals surface area contributed by atoms with E-state index < -0.39 is 0 Å². The number of ether oxygens (including phenoxy) is 2. The highest BCUT2D eigenvalue weighted by Gasteiger charge is 2.34. The van der Waals surface area contributed by atoms with E-state index in [2.05, 4.69) is 18.7 Å². The number of nitrogens with zero attached hydrogens (tertiary/aromatic N) is 2. The number of thioether (sulfide) groups is 1. The van der Waals surface area contributed by atoms with E-state index in [0.29, 0.717) is 5.75 Å². The van der Waals surface area contributed by atoms with Crippen molar-refractivity contribution < 1.29 is 14.3 Å². The van der Waals surface area contributed by atoms with E-state index in [9.17, 15) is 4.79 Å². The number of amides is 1. The minimum absolute atomic E-state index is 0.0110. The van der Waals surface area contributed by atoms with Gasteiger partial charge in [0.1, 0.15) is 16.9 Å². The second-order valence-electron chi connectivity index (χ2n) is 5.39. The van der Waals surface area contributed by atoms with Gasteiger partial charge in [-0.1, -0.05) is 13.8 Å². The number of carbonyl (C=O) groups excluding carboxylic acids is 1. The van der Waals surface area contributed by atoms with Crippen LogP contribution in [-0.4, -0.2) is 61.9 Å². The summed E-state index contributed by atoms with van der Waals surface area (Å²) in [6.45, 7) is 7.91. The van der Waals surface area contributed by atoms with E-state index in [4.69, 9.17) is 9.47 Å². The second-order valence-corrected chi connectivity index (χ2v) is 6.45. The van der Waals surface area contributed by atoms with E-state index >= 15 is 0 Å². The molecule has 1 aliphatic heterocycles. The fourth-order valence-electron chi connectivity index (χ4n) is 2.77. The highest BCUT2D eigenvalue weighted by Crippen LogP contribution is 2.43. The van der Waals surface area contributed by atoms with Crippen molar-refractivity contribution in [1.82, 2.24) is 9.80 Å². The summed E-state index contributed by atoms with van der Waals surface area (Å²) in [5, 5.41) is -0.0110. The molecule has 1 fully saturated rings. The van der Waals surface area contributed by atoms with Crippen LogP contribution in [0.15, 0.2) is 18.2 Å². The molecule has 1 heterocycles. The van der Waals surface area contributed by atoms with Crippen molar-refractivity contribution in [3.05, 3.63) is 23.8 Å². The van der Waals surface area contributed by atoms with Crippen LogP contribution in [-0.2, 0) is 4.79 Å². The Bertz CT molecular complexity index is 535. The molecule has 6 heteroatoms. The predicted octanol–water partition coefficient (Wildman–Crippen LogP) is 2.62. The standard InChI is InChI=1S/C17H26N2O3S/c1-5-18(6-2)9-10-19-16(20)12-23-17(19)14-11-13(21-3)7-8-15(14)22-4/h7-8,11,17H,5-6,9-10,12H2,1-4H3. The number of carbonyl (C=O) groups is 1. The van der Waals surface area contributed by atoms with Crippen molar-refractivity contribution in [2.45, 2.75) is 19.2 Å². The fourth-order valence-corrected chi connectivity index (χ4v) is 4.01. The van der Waals surface area contributed by atoms with E-state index in [-0.39, 0.29) is 11.3 Å². The van der Waals surface area contributed by atoms with E-state index in [1.165, 1.54) is 0 Å². The SMILES string of the molecule is CCN(CC)CCN1C(=O)CSC1c1cc(OC)ccc1OC. The Morgan fingerprint density at radius 1 is 1.26 bits per heavy atom. The quantitative estimate of drug-likeness (QED) is 0.729. The van der Waals surface area contributed by atoms with E-state index in [1.807, 2.05) is 23.1 Å². The summed E-state index contributed by atoms with van der Waals surface area (Å²) in [5.74, 6) is 2.29. The Morgan fingerprint density at radius 3 is 2.61 bits per heavy atom. The van der Waals surface area contributed by atoms with Gasteiger partial charge in [-0.05, 0) is 31.3 Å². The van der Waals surface area contributed by atoms with Gasteiger partial charge in [0.2, 0.25) is 5.91 Å². The van der Waals surface area contributed by atoms with Crippen molar-refractivity contribution in [2.75, 3.05) is 46.2 Å². The molecular weight excluding hydrogens is 312 g/mol. The first kappa shape index (κ1) is 17.9. The summed E-state index contributed by atoms with van der Waals surface area (Å²) < 4.78 is 10.8. The molecule has 1 saturated heterocycles. The Labute approximate surface area is 142 Å². The third-order valence-corrected chi connectivity index (χ3v) is 5.46. The maximum Gasteiger partial charge on any atom is 0.233 e. The van der Waals surface area contributed by atoms with Gasteiger partial charge in [0.05, 0.1) is 20.0 Å². The molecule has 1 aromatic rings. The van der Waals surface area contributed by atoms with Crippen LogP contribution < -0.4 is 9.47 Å². The Hall–Kier alpha value is -1.40. The third-order valence-electron chi connectivity index (χ3n) is 4.22. The van der Waals surface area contributed by atoms with Gasteiger partial charge < -0.3 is 19.3 Å². The number of methoxy groups -OCH3 is 2. The van der Waals surface area contributed by atoms with Crippen molar-refractivity contribution in [3.8, 4) is 11.5 Å². The van der Waals surface area contributed by atoms with Crippen LogP contribution in [0.25, 0.3) is 0 Å². The van der Waals surface area contributed by atoms with Gasteiger partial charge in [0, 0.05) is 18.7 Å². The normalized spacial score (nSPS) is 17.9. The fraction of sp³-hybridized carbons (Fsp3) is 0.588. The maximum atomic E-state index is 12.3. The Morgan fingerprint density at radius 2 is 2.00 bits per heavy atom. The molecule has 1 aliphatic rings. The minimum Gasteiger partial charge on any atom is -0.497 e. The van der Waals surface area contributed by atoms with Gasteiger partial charge in [0.15, 0.2) is 0 Å². The van der Waals surface area contributed by atoms with Gasteiger partial charge in [-0.15, -0.1) is 11.8 Å². The topological polar surface area (TPSA) is 42.0 Å². The number of hydrogen-bond donors (Lipinski definition) is 0. The van der Waals surface area contributed by atoms with Crippen LogP contribution in [0, 0.1) is 0 Å². The first-order valence-corrected chi connectivity index (χ1v) is 9.04. The highest BCUT2D eigenvalue weighted by atomic mass is 32.2. The summed E-state index contributed by atoms with van der Waals surface area (Å²) in [7, 11) is 3.31. The van der Waals surface area contributed by atoms with Gasteiger partial charge >= 0.3 is 0 Å². The van der Waals surface area contributed by atoms with E-state index in [1.54, 1.807) is 26.0 Å². The molecule has 0 bridgehead atoms. The van der Waals surface area contributed by atoms with Crippen LogP contribution in [0.5, 0.6) is 11.5 Å². The number of hydrogen-bond acceptors (Lipinski definition) is 5. The molecule has 2 rings (SSSR count). The molecule has 0 spiro atoms. The lowest BCUT2D eigenvalue weighted by Crippen LogP contribution is -2.37. The second kappa shape index (κ2) is 8.45. The monoisotopic (exact) mass is 338 g/mol. The minimum atomic E-state index is -0.0110. The van der Waals surface area contributed by atoms with Gasteiger partial charge in [-0.25, -0.2) is 0 Å². The first-order valence-electron chi connectivity index (χ1n) is 7.99. The molecule has 1 aromatic carbocycles. The zero-order chi connectivity index (χ0) is 16.8. The molecular formula is C17H26N2O3S. The van der Waals surface area contributed by atoms with Crippen molar-refractivity contribution in [1.29, 1.82) is 0 Å². The maximum absolute atomic E-state index is 12.3. The molecule has 0 N–H and O–H groups in total. The molecule has 5 nitrogen and oxygen atoms in total. The lowest BCUT2D eigenvalue weighted by atomic mass is 10.1. The molecule has 0 saturated carbocycles. The van der Waals surface area contributed by atoms with Crippen LogP contribution >= 0.6 is 11.8 Å². The summed E-state index contributed by atoms with van der Waals surface area (Å²) >= 11 is 1.65. The number of benzene rings is 1. The number of rotatable bonds is 8. The average Bonchev–Trinajstić information content (AvgIpc) is 2.96. The predicted molar refractivity (Wildman–Crippen MR) is 94.2 cm³/mol. The molecule has 23 heavy (non-hydrogen) atoms. The summed E-state index contributed by atoms with van der Waals surface area (Å²) in [4.78, 5) is 16.6. The van der Waals surface area contributed by atoms with Gasteiger partial charge in [0.25, 0.3) is 0 Å². The highest BCUT2D eigenvalue weighted by molar-refractivity contribution is 8.00. The van der Waals surface area contributed by atoms with Gasteiger partial charge in [-0.3, -0.25) is 4.79 Å². The van der Waals surface area contributed by atoms with Crippen molar-refractivity contribution in [2.24, 2.45) is 0 Å². The number of likely N-dealkylation sites (N-methyl/N-ethyl adjacent to an activating group) is 1. The molecule has 0 radical (unpaired) electrons. The smallest absolute Gasteiger partial charge is 0.233 e. The molecule has 0 aromatic heterocycles. The van der Waals surface area contributed by atoms with Crippen LogP contribution in [0.1, 0.15) is 24.8 Å². The Balaban J connectivity index is 2.21. The summed E-state index contributed by atoms with van der Waals surface area (Å²) in [6, 6.07) is 5.75. The molecule has 0 aliphatic carbocycles. The largest absolute Gasteiger partial charge is 0.497 e. The van der Waals surface area contributed by atoms with Crippen LogP contribution in [0.2, 0.25) is 0 Å². The zero-order valence-corrected chi connectivity index (χ0v) is 15.2. The van der Waals surface area contributed by atoms with Crippen molar-refractivity contribution >= 4 is 17.7 Å². The lowest BCUT2D eigenvalue weighted by molar-refractivity contribution is -0.128. The average molecular weight is 338 g/mol. The summed E-state index contributed by atoms with van der Waals surface area (Å²) in [5.41, 5.74) is 1.00. The van der Waals surface area contributed by atoms with Crippen molar-refractivity contribution in [3.63, 3.8) is 0 Å². The molecule has 1 unspecified atom stereocenters. The molecule has 1 atom stereocenters. The van der Waals surface area contributed by atoms with Crippen LogP contribution in [0.4, 0.5) is 0 Å². The third kappa shape index (κ3) is 4.12. The lowest BCUT2D eigenvalue weighted by Gasteiger charge is -2.28. The molecule has 1 amide bonds. The van der Waals surface area contributed by atoms with Crippen LogP contribution in [0.3, 0.4) is 0 Å². The molecule has 128 valence electrons. The zero-order valence-electron chi connectivity index (χ0n) is 14.4. The summed E-state index contributed by atoms with van der Waals surface area (Å²) in [6.07, 6.45) is 0. The first-order chi connectivity index (χ1) is 11.1.